The van der Waals surface area contributed by atoms with Gasteiger partial charge in [0.05, 0.1) is 12.2 Å². The third-order valence-corrected chi connectivity index (χ3v) is 3.26. The van der Waals surface area contributed by atoms with Gasteiger partial charge in [0, 0.05) is 39.1 Å². The van der Waals surface area contributed by atoms with Gasteiger partial charge in [-0.25, -0.2) is 4.98 Å². The second-order valence-electron chi connectivity index (χ2n) is 4.84. The van der Waals surface area contributed by atoms with E-state index in [4.69, 9.17) is 10.2 Å². The molecule has 1 saturated heterocycles. The number of nitrogens with two attached hydrogens (primary N) is 1. The van der Waals surface area contributed by atoms with Crippen LogP contribution in [0.2, 0.25) is 0 Å². The highest BCUT2D eigenvalue weighted by Gasteiger charge is 2.14. The molecule has 5 nitrogen and oxygen atoms in total. The van der Waals surface area contributed by atoms with Crippen molar-refractivity contribution in [3.05, 3.63) is 17.8 Å². The number of aromatic nitrogens is 1. The third-order valence-electron chi connectivity index (χ3n) is 3.26. The first-order valence-corrected chi connectivity index (χ1v) is 6.26. The maximum Gasteiger partial charge on any atom is 0.195 e. The molecule has 1 atom stereocenters. The zero-order valence-corrected chi connectivity index (χ0v) is 10.7. The Balaban J connectivity index is 1.77. The molecule has 0 saturated carbocycles. The van der Waals surface area contributed by atoms with Gasteiger partial charge < -0.3 is 20.0 Å². The number of hydrogen-bond donors (Lipinski definition) is 1. The summed E-state index contributed by atoms with van der Waals surface area (Å²) in [5.41, 5.74) is 5.73. The normalized spacial score (nSPS) is 20.6. The molecule has 5 heteroatoms. The van der Waals surface area contributed by atoms with Crippen molar-refractivity contribution in [2.24, 2.45) is 5.73 Å². The SMILES string of the molecule is CC(N)c1cnc(CCN2CCN(C)CC2)o1. The summed E-state index contributed by atoms with van der Waals surface area (Å²) in [4.78, 5) is 9.06. The highest BCUT2D eigenvalue weighted by molar-refractivity contribution is 4.98. The Labute approximate surface area is 103 Å². The van der Waals surface area contributed by atoms with Gasteiger partial charge in [0.25, 0.3) is 0 Å². The van der Waals surface area contributed by atoms with Crippen molar-refractivity contribution in [1.29, 1.82) is 0 Å². The molecule has 0 spiro atoms. The second kappa shape index (κ2) is 5.62. The van der Waals surface area contributed by atoms with Crippen LogP contribution in [0.15, 0.2) is 10.6 Å². The Hall–Kier alpha value is -0.910. The van der Waals surface area contributed by atoms with E-state index in [1.165, 1.54) is 0 Å². The van der Waals surface area contributed by atoms with Gasteiger partial charge in [0.1, 0.15) is 5.76 Å². The van der Waals surface area contributed by atoms with E-state index in [0.717, 1.165) is 50.8 Å². The van der Waals surface area contributed by atoms with Crippen molar-refractivity contribution in [2.45, 2.75) is 19.4 Å². The largest absolute Gasteiger partial charge is 0.444 e. The first-order chi connectivity index (χ1) is 8.15. The van der Waals surface area contributed by atoms with Crippen LogP contribution in [0.3, 0.4) is 0 Å². The van der Waals surface area contributed by atoms with Crippen molar-refractivity contribution >= 4 is 0 Å². The lowest BCUT2D eigenvalue weighted by molar-refractivity contribution is 0.153. The molecule has 1 aromatic rings. The van der Waals surface area contributed by atoms with E-state index in [9.17, 15) is 0 Å². The molecule has 1 fully saturated rings. The van der Waals surface area contributed by atoms with Gasteiger partial charge >= 0.3 is 0 Å². The van der Waals surface area contributed by atoms with Gasteiger partial charge in [-0.15, -0.1) is 0 Å². The minimum Gasteiger partial charge on any atom is -0.444 e. The van der Waals surface area contributed by atoms with E-state index < -0.39 is 0 Å². The lowest BCUT2D eigenvalue weighted by atomic mass is 10.3. The number of hydrogen-bond acceptors (Lipinski definition) is 5. The van der Waals surface area contributed by atoms with Gasteiger partial charge in [-0.05, 0) is 14.0 Å². The van der Waals surface area contributed by atoms with Crippen LogP contribution in [0.4, 0.5) is 0 Å². The molecule has 1 aromatic heterocycles. The Morgan fingerprint density at radius 2 is 2.12 bits per heavy atom. The molecule has 0 bridgehead atoms. The smallest absolute Gasteiger partial charge is 0.195 e. The zero-order chi connectivity index (χ0) is 12.3. The van der Waals surface area contributed by atoms with Crippen LogP contribution in [0.5, 0.6) is 0 Å². The topological polar surface area (TPSA) is 58.5 Å². The van der Waals surface area contributed by atoms with Crippen LogP contribution in [-0.4, -0.2) is 54.6 Å². The van der Waals surface area contributed by atoms with E-state index in [1.807, 2.05) is 6.92 Å². The predicted octanol–water partition coefficient (Wildman–Crippen LogP) is 0.484. The van der Waals surface area contributed by atoms with Gasteiger partial charge in [-0.3, -0.25) is 0 Å². The Morgan fingerprint density at radius 1 is 1.41 bits per heavy atom. The van der Waals surface area contributed by atoms with Crippen LogP contribution in [0.25, 0.3) is 0 Å². The monoisotopic (exact) mass is 238 g/mol. The van der Waals surface area contributed by atoms with Crippen molar-refractivity contribution in [3.8, 4) is 0 Å². The van der Waals surface area contributed by atoms with Gasteiger partial charge in [-0.1, -0.05) is 0 Å². The van der Waals surface area contributed by atoms with E-state index in [1.54, 1.807) is 6.20 Å². The predicted molar refractivity (Wildman–Crippen MR) is 66.7 cm³/mol. The first-order valence-electron chi connectivity index (χ1n) is 6.26. The standard InChI is InChI=1S/C12H22N4O/c1-10(13)11-9-14-12(17-11)3-4-16-7-5-15(2)6-8-16/h9-10H,3-8,13H2,1-2H3. The molecule has 0 aliphatic carbocycles. The number of oxazole rings is 1. The Morgan fingerprint density at radius 3 is 2.71 bits per heavy atom. The van der Waals surface area contributed by atoms with E-state index in [2.05, 4.69) is 21.8 Å². The van der Waals surface area contributed by atoms with Crippen LogP contribution >= 0.6 is 0 Å². The van der Waals surface area contributed by atoms with Crippen molar-refractivity contribution < 1.29 is 4.42 Å². The van der Waals surface area contributed by atoms with E-state index >= 15 is 0 Å². The summed E-state index contributed by atoms with van der Waals surface area (Å²) >= 11 is 0. The fourth-order valence-electron chi connectivity index (χ4n) is 1.98. The molecule has 96 valence electrons. The molecule has 1 aliphatic rings. The second-order valence-corrected chi connectivity index (χ2v) is 4.84. The first kappa shape index (κ1) is 12.5. The molecular weight excluding hydrogens is 216 g/mol. The summed E-state index contributed by atoms with van der Waals surface area (Å²) < 4.78 is 5.58. The quantitative estimate of drug-likeness (QED) is 0.827. The Bertz CT molecular complexity index is 342. The fourth-order valence-corrected chi connectivity index (χ4v) is 1.98. The van der Waals surface area contributed by atoms with Gasteiger partial charge in [-0.2, -0.15) is 0 Å². The summed E-state index contributed by atoms with van der Waals surface area (Å²) in [6, 6.07) is -0.0695. The molecule has 0 aromatic carbocycles. The summed E-state index contributed by atoms with van der Waals surface area (Å²) in [5, 5.41) is 0. The molecule has 1 unspecified atom stereocenters. The molecule has 2 N–H and O–H groups in total. The summed E-state index contributed by atoms with van der Waals surface area (Å²) in [6.07, 6.45) is 2.61. The summed E-state index contributed by atoms with van der Waals surface area (Å²) in [6.45, 7) is 7.50. The minimum absolute atomic E-state index is 0.0695. The number of likely N-dealkylation sites (N-methyl/N-ethyl adjacent to an activating group) is 1. The average Bonchev–Trinajstić information content (AvgIpc) is 2.77. The number of nitrogens with zero attached hydrogens (tertiary/aromatic N) is 3. The van der Waals surface area contributed by atoms with Crippen molar-refractivity contribution in [1.82, 2.24) is 14.8 Å². The minimum atomic E-state index is -0.0695. The maximum atomic E-state index is 5.73. The van der Waals surface area contributed by atoms with E-state index in [-0.39, 0.29) is 6.04 Å². The molecule has 0 amide bonds. The van der Waals surface area contributed by atoms with Crippen LogP contribution in [0, 0.1) is 0 Å². The fraction of sp³-hybridized carbons (Fsp3) is 0.750. The Kier molecular flexibility index (Phi) is 4.15. The van der Waals surface area contributed by atoms with Gasteiger partial charge in [0.2, 0.25) is 0 Å². The maximum absolute atomic E-state index is 5.73. The van der Waals surface area contributed by atoms with Crippen molar-refractivity contribution in [3.63, 3.8) is 0 Å². The van der Waals surface area contributed by atoms with Crippen LogP contribution in [-0.2, 0) is 6.42 Å². The molecule has 1 aliphatic heterocycles. The zero-order valence-electron chi connectivity index (χ0n) is 10.7. The third kappa shape index (κ3) is 3.52. The van der Waals surface area contributed by atoms with Gasteiger partial charge in [0.15, 0.2) is 5.89 Å². The highest BCUT2D eigenvalue weighted by Crippen LogP contribution is 2.11. The molecule has 0 radical (unpaired) electrons. The van der Waals surface area contributed by atoms with Crippen LogP contribution < -0.4 is 5.73 Å². The number of piperazine rings is 1. The highest BCUT2D eigenvalue weighted by atomic mass is 16.4. The molecular formula is C12H22N4O. The summed E-state index contributed by atoms with van der Waals surface area (Å²) in [7, 11) is 2.17. The molecule has 2 rings (SSSR count). The lowest BCUT2D eigenvalue weighted by Gasteiger charge is -2.31. The van der Waals surface area contributed by atoms with Crippen LogP contribution in [0.1, 0.15) is 24.6 Å². The molecule has 2 heterocycles. The molecule has 17 heavy (non-hydrogen) atoms. The summed E-state index contributed by atoms with van der Waals surface area (Å²) in [5.74, 6) is 1.58. The van der Waals surface area contributed by atoms with Crippen molar-refractivity contribution in [2.75, 3.05) is 39.8 Å². The lowest BCUT2D eigenvalue weighted by Crippen LogP contribution is -2.45. The number of rotatable bonds is 4. The average molecular weight is 238 g/mol. The van der Waals surface area contributed by atoms with E-state index in [0.29, 0.717) is 0 Å².